The predicted molar refractivity (Wildman–Crippen MR) is 42.4 cm³/mol. The number of hydrogen-bond acceptors (Lipinski definition) is 0. The third kappa shape index (κ3) is 3.45. The summed E-state index contributed by atoms with van der Waals surface area (Å²) in [5, 5.41) is 0. The van der Waals surface area contributed by atoms with Crippen LogP contribution in [-0.4, -0.2) is 30.7 Å². The van der Waals surface area contributed by atoms with Gasteiger partial charge in [0, 0.05) is 32.7 Å². The Hall–Kier alpha value is 1.06. The average Bonchev–Trinajstić information content (AvgIpc) is 1.95. The van der Waals surface area contributed by atoms with Crippen molar-refractivity contribution in [1.82, 2.24) is 0 Å². The summed E-state index contributed by atoms with van der Waals surface area (Å²) in [6, 6.07) is 0. The van der Waals surface area contributed by atoms with Crippen LogP contribution in [0.15, 0.2) is 0 Å². The van der Waals surface area contributed by atoms with Crippen LogP contribution in [0.1, 0.15) is 27.7 Å². The maximum atomic E-state index is 2.27. The normalized spacial score (nSPS) is 10.8. The van der Waals surface area contributed by atoms with Crippen LogP contribution in [-0.2, 0) is 32.7 Å². The first-order chi connectivity index (χ1) is 4.24. The van der Waals surface area contributed by atoms with Crippen LogP contribution in [0.25, 0.3) is 0 Å². The summed E-state index contributed by atoms with van der Waals surface area (Å²) in [4.78, 5) is 0. The minimum Gasteiger partial charge on any atom is -0.325 e. The minimum absolute atomic E-state index is 0. The fourth-order valence-electron chi connectivity index (χ4n) is 1.34. The van der Waals surface area contributed by atoms with Crippen molar-refractivity contribution < 1.29 is 37.2 Å². The van der Waals surface area contributed by atoms with E-state index in [1.165, 1.54) is 30.7 Å². The van der Waals surface area contributed by atoms with Crippen molar-refractivity contribution in [2.45, 2.75) is 27.7 Å². The molecule has 1 nitrogen and oxygen atoms in total. The second kappa shape index (κ2) is 6.75. The molecule has 0 aromatic rings. The van der Waals surface area contributed by atoms with E-state index >= 15 is 0 Å². The molecule has 59 valence electrons. The first-order valence-corrected chi connectivity index (χ1v) is 4.09. The van der Waals surface area contributed by atoms with Crippen molar-refractivity contribution in [1.29, 1.82) is 0 Å². The summed E-state index contributed by atoms with van der Waals surface area (Å²) in [6.07, 6.45) is 0. The molecule has 1 radical (unpaired) electrons. The fourth-order valence-corrected chi connectivity index (χ4v) is 1.34. The molecule has 0 aliphatic carbocycles. The molecule has 0 saturated carbocycles. The molecule has 0 aromatic heterocycles. The van der Waals surface area contributed by atoms with E-state index in [4.69, 9.17) is 0 Å². The van der Waals surface area contributed by atoms with Gasteiger partial charge in [-0.3, -0.25) is 0 Å². The van der Waals surface area contributed by atoms with Crippen molar-refractivity contribution in [3.05, 3.63) is 0 Å². The Labute approximate surface area is 90.6 Å². The van der Waals surface area contributed by atoms with E-state index in [9.17, 15) is 0 Å². The smallest absolute Gasteiger partial charge is 0.0757 e. The molecule has 0 saturated heterocycles. The van der Waals surface area contributed by atoms with Gasteiger partial charge in [-0.05, 0) is 27.7 Å². The van der Waals surface area contributed by atoms with Crippen molar-refractivity contribution in [3.63, 3.8) is 0 Å². The summed E-state index contributed by atoms with van der Waals surface area (Å²) >= 11 is 0. The zero-order valence-corrected chi connectivity index (χ0v) is 10.7. The quantitative estimate of drug-likeness (QED) is 0.633. The SMILES string of the molecule is CC[N+](CC)(CC)CC.[Y]. The third-order valence-electron chi connectivity index (χ3n) is 2.68. The Morgan fingerprint density at radius 2 is 0.900 bits per heavy atom. The predicted octanol–water partition coefficient (Wildman–Crippen LogP) is 1.88. The van der Waals surface area contributed by atoms with Crippen molar-refractivity contribution >= 4 is 0 Å². The third-order valence-corrected chi connectivity index (χ3v) is 2.68. The fraction of sp³-hybridized carbons (Fsp3) is 1.00. The molecular formula is C8H20NY+. The molecule has 0 rings (SSSR count). The van der Waals surface area contributed by atoms with Gasteiger partial charge in [-0.2, -0.15) is 0 Å². The van der Waals surface area contributed by atoms with E-state index in [-0.39, 0.29) is 32.7 Å². The Kier molecular flexibility index (Phi) is 9.21. The summed E-state index contributed by atoms with van der Waals surface area (Å²) in [7, 11) is 0. The molecule has 0 aliphatic rings. The largest absolute Gasteiger partial charge is 0.325 e. The van der Waals surface area contributed by atoms with E-state index in [1.54, 1.807) is 0 Å². The van der Waals surface area contributed by atoms with Crippen LogP contribution < -0.4 is 0 Å². The van der Waals surface area contributed by atoms with Gasteiger partial charge < -0.3 is 4.48 Å². The molecule has 0 N–H and O–H groups in total. The van der Waals surface area contributed by atoms with Gasteiger partial charge in [-0.15, -0.1) is 0 Å². The first kappa shape index (κ1) is 13.6. The molecule has 0 aliphatic heterocycles. The van der Waals surface area contributed by atoms with Crippen LogP contribution in [0.2, 0.25) is 0 Å². The number of rotatable bonds is 4. The molecule has 0 spiro atoms. The Balaban J connectivity index is 0. The van der Waals surface area contributed by atoms with Gasteiger partial charge in [-0.25, -0.2) is 0 Å². The van der Waals surface area contributed by atoms with Crippen molar-refractivity contribution in [2.24, 2.45) is 0 Å². The number of quaternary nitrogens is 1. The van der Waals surface area contributed by atoms with Gasteiger partial charge in [0.05, 0.1) is 26.2 Å². The van der Waals surface area contributed by atoms with Crippen LogP contribution in [0.4, 0.5) is 0 Å². The van der Waals surface area contributed by atoms with Crippen molar-refractivity contribution in [3.8, 4) is 0 Å². The molecule has 0 amide bonds. The minimum atomic E-state index is 0. The maximum Gasteiger partial charge on any atom is 0.0757 e. The molecule has 2 heteroatoms. The maximum absolute atomic E-state index is 2.27. The van der Waals surface area contributed by atoms with Gasteiger partial charge in [0.15, 0.2) is 0 Å². The van der Waals surface area contributed by atoms with Crippen molar-refractivity contribution in [2.75, 3.05) is 26.2 Å². The van der Waals surface area contributed by atoms with Gasteiger partial charge in [0.1, 0.15) is 0 Å². The zero-order chi connectivity index (χ0) is 7.33. The number of hydrogen-bond donors (Lipinski definition) is 0. The molecule has 0 heterocycles. The molecule has 0 bridgehead atoms. The summed E-state index contributed by atoms with van der Waals surface area (Å²) < 4.78 is 1.28. The standard InChI is InChI=1S/C8H20N.Y/c1-5-9(6-2,7-3)8-4;/h5-8H2,1-4H3;/q+1;. The molecule has 0 atom stereocenters. The second-order valence-electron chi connectivity index (χ2n) is 2.61. The Bertz CT molecular complexity index is 52.1. The zero-order valence-electron chi connectivity index (χ0n) is 7.85. The summed E-state index contributed by atoms with van der Waals surface area (Å²) in [5.41, 5.74) is 0. The average molecular weight is 219 g/mol. The second-order valence-corrected chi connectivity index (χ2v) is 2.61. The van der Waals surface area contributed by atoms with Crippen LogP contribution in [0, 0.1) is 0 Å². The van der Waals surface area contributed by atoms with E-state index in [2.05, 4.69) is 27.7 Å². The van der Waals surface area contributed by atoms with E-state index < -0.39 is 0 Å². The van der Waals surface area contributed by atoms with Crippen LogP contribution in [0.3, 0.4) is 0 Å². The van der Waals surface area contributed by atoms with Crippen LogP contribution >= 0.6 is 0 Å². The Morgan fingerprint density at radius 1 is 0.700 bits per heavy atom. The van der Waals surface area contributed by atoms with Gasteiger partial charge in [0.2, 0.25) is 0 Å². The monoisotopic (exact) mass is 219 g/mol. The van der Waals surface area contributed by atoms with Gasteiger partial charge >= 0.3 is 0 Å². The van der Waals surface area contributed by atoms with E-state index in [1.807, 2.05) is 0 Å². The van der Waals surface area contributed by atoms with E-state index in [0.29, 0.717) is 0 Å². The van der Waals surface area contributed by atoms with Gasteiger partial charge in [0.25, 0.3) is 0 Å². The molecule has 10 heavy (non-hydrogen) atoms. The molecular weight excluding hydrogens is 199 g/mol. The van der Waals surface area contributed by atoms with Crippen LogP contribution in [0.5, 0.6) is 0 Å². The molecule has 0 fully saturated rings. The first-order valence-electron chi connectivity index (χ1n) is 4.09. The molecule has 0 unspecified atom stereocenters. The topological polar surface area (TPSA) is 0 Å². The molecule has 0 aromatic carbocycles. The number of nitrogens with zero attached hydrogens (tertiary/aromatic N) is 1. The summed E-state index contributed by atoms with van der Waals surface area (Å²) in [6.45, 7) is 14.2. The Morgan fingerprint density at radius 3 is 0.900 bits per heavy atom. The summed E-state index contributed by atoms with van der Waals surface area (Å²) in [5.74, 6) is 0. The van der Waals surface area contributed by atoms with Gasteiger partial charge in [-0.1, -0.05) is 0 Å². The van der Waals surface area contributed by atoms with E-state index in [0.717, 1.165) is 0 Å².